The second-order valence-electron chi connectivity index (χ2n) is 6.55. The first-order valence-corrected chi connectivity index (χ1v) is 8.37. The van der Waals surface area contributed by atoms with E-state index < -0.39 is 0 Å². The maximum Gasteiger partial charge on any atom is 0.227 e. The molecule has 1 unspecified atom stereocenters. The number of rotatable bonds is 6. The van der Waals surface area contributed by atoms with Gasteiger partial charge in [0.25, 0.3) is 0 Å². The van der Waals surface area contributed by atoms with Gasteiger partial charge in [-0.3, -0.25) is 9.59 Å². The van der Waals surface area contributed by atoms with Crippen molar-refractivity contribution in [3.05, 3.63) is 29.8 Å². The Morgan fingerprint density at radius 1 is 1.22 bits per heavy atom. The van der Waals surface area contributed by atoms with Crippen LogP contribution in [-0.4, -0.2) is 43.0 Å². The van der Waals surface area contributed by atoms with Gasteiger partial charge in [0.2, 0.25) is 11.8 Å². The minimum atomic E-state index is 0.0928. The van der Waals surface area contributed by atoms with Crippen LogP contribution in [0.2, 0.25) is 0 Å². The second-order valence-corrected chi connectivity index (χ2v) is 6.55. The van der Waals surface area contributed by atoms with Gasteiger partial charge in [-0.05, 0) is 43.4 Å². The van der Waals surface area contributed by atoms with Gasteiger partial charge < -0.3 is 15.0 Å². The molecule has 1 aliphatic heterocycles. The molecule has 1 aromatic rings. The van der Waals surface area contributed by atoms with Crippen molar-refractivity contribution in [2.45, 2.75) is 38.2 Å². The Labute approximate surface area is 137 Å². The molecule has 1 aromatic carbocycles. The van der Waals surface area contributed by atoms with Gasteiger partial charge in [-0.15, -0.1) is 0 Å². The molecule has 0 spiro atoms. The Morgan fingerprint density at radius 2 is 1.96 bits per heavy atom. The summed E-state index contributed by atoms with van der Waals surface area (Å²) >= 11 is 0. The Morgan fingerprint density at radius 3 is 2.57 bits per heavy atom. The molecule has 5 nitrogen and oxygen atoms in total. The van der Waals surface area contributed by atoms with Crippen molar-refractivity contribution >= 4 is 17.5 Å². The van der Waals surface area contributed by atoms with E-state index in [-0.39, 0.29) is 23.8 Å². The molecule has 0 bridgehead atoms. The fourth-order valence-electron chi connectivity index (χ4n) is 2.80. The number of benzene rings is 1. The molecule has 1 N–H and O–H groups in total. The summed E-state index contributed by atoms with van der Waals surface area (Å²) in [7, 11) is 1.83. The van der Waals surface area contributed by atoms with E-state index >= 15 is 0 Å². The lowest BCUT2D eigenvalue weighted by molar-refractivity contribution is -0.130. The number of anilines is 1. The first-order chi connectivity index (χ1) is 11.1. The third-order valence-corrected chi connectivity index (χ3v) is 4.45. The first kappa shape index (κ1) is 16.0. The molecule has 3 rings (SSSR count). The van der Waals surface area contributed by atoms with E-state index in [0.29, 0.717) is 13.0 Å². The molecule has 1 atom stereocenters. The van der Waals surface area contributed by atoms with Crippen LogP contribution < -0.4 is 5.32 Å². The lowest BCUT2D eigenvalue weighted by Gasteiger charge is -2.21. The maximum absolute atomic E-state index is 12.3. The van der Waals surface area contributed by atoms with Crippen LogP contribution in [0.1, 0.15) is 31.2 Å². The third kappa shape index (κ3) is 4.55. The monoisotopic (exact) mass is 316 g/mol. The number of ether oxygens (including phenoxy) is 1. The van der Waals surface area contributed by atoms with Gasteiger partial charge in [0.1, 0.15) is 0 Å². The van der Waals surface area contributed by atoms with Gasteiger partial charge >= 0.3 is 0 Å². The molecule has 1 saturated carbocycles. The number of carbonyl (C=O) groups excluding carboxylic acids is 2. The van der Waals surface area contributed by atoms with E-state index in [0.717, 1.165) is 43.5 Å². The van der Waals surface area contributed by atoms with Crippen LogP contribution in [0.4, 0.5) is 5.69 Å². The van der Waals surface area contributed by atoms with Gasteiger partial charge in [0, 0.05) is 31.8 Å². The number of hydrogen-bond acceptors (Lipinski definition) is 3. The van der Waals surface area contributed by atoms with Crippen LogP contribution in [0.15, 0.2) is 24.3 Å². The molecule has 2 amide bonds. The van der Waals surface area contributed by atoms with Gasteiger partial charge in [-0.25, -0.2) is 0 Å². The SMILES string of the molecule is CN(CC1CCCO1)C(=O)Cc1ccc(NC(=O)C2CC2)cc1. The quantitative estimate of drug-likeness (QED) is 0.875. The summed E-state index contributed by atoms with van der Waals surface area (Å²) < 4.78 is 5.57. The smallest absolute Gasteiger partial charge is 0.227 e. The summed E-state index contributed by atoms with van der Waals surface area (Å²) in [6, 6.07) is 7.53. The van der Waals surface area contributed by atoms with Crippen molar-refractivity contribution in [2.24, 2.45) is 5.92 Å². The van der Waals surface area contributed by atoms with Crippen LogP contribution in [-0.2, 0) is 20.7 Å². The predicted molar refractivity (Wildman–Crippen MR) is 88.1 cm³/mol. The third-order valence-electron chi connectivity index (χ3n) is 4.45. The summed E-state index contributed by atoms with van der Waals surface area (Å²) in [4.78, 5) is 25.7. The molecule has 2 aliphatic rings. The van der Waals surface area contributed by atoms with Gasteiger partial charge in [0.15, 0.2) is 0 Å². The van der Waals surface area contributed by atoms with Crippen LogP contribution >= 0.6 is 0 Å². The van der Waals surface area contributed by atoms with Gasteiger partial charge in [0.05, 0.1) is 12.5 Å². The zero-order chi connectivity index (χ0) is 16.2. The zero-order valence-corrected chi connectivity index (χ0v) is 13.6. The molecule has 1 saturated heterocycles. The summed E-state index contributed by atoms with van der Waals surface area (Å²) in [5.74, 6) is 0.392. The van der Waals surface area contributed by atoms with E-state index in [1.54, 1.807) is 4.90 Å². The normalized spacial score (nSPS) is 20.3. The molecule has 23 heavy (non-hydrogen) atoms. The number of likely N-dealkylation sites (N-methyl/N-ethyl adjacent to an activating group) is 1. The molecule has 1 aliphatic carbocycles. The molecule has 5 heteroatoms. The van der Waals surface area contributed by atoms with E-state index in [4.69, 9.17) is 4.74 Å². The molecule has 1 heterocycles. The van der Waals surface area contributed by atoms with Crippen molar-refractivity contribution in [3.8, 4) is 0 Å². The number of nitrogens with zero attached hydrogens (tertiary/aromatic N) is 1. The van der Waals surface area contributed by atoms with Crippen molar-refractivity contribution in [1.29, 1.82) is 0 Å². The predicted octanol–water partition coefficient (Wildman–Crippen LogP) is 2.21. The van der Waals surface area contributed by atoms with Crippen LogP contribution in [0.3, 0.4) is 0 Å². The lowest BCUT2D eigenvalue weighted by Crippen LogP contribution is -2.35. The molecular formula is C18H24N2O3. The summed E-state index contributed by atoms with van der Waals surface area (Å²) in [6.45, 7) is 1.47. The van der Waals surface area contributed by atoms with Crippen LogP contribution in [0, 0.1) is 5.92 Å². The lowest BCUT2D eigenvalue weighted by atomic mass is 10.1. The number of hydrogen-bond donors (Lipinski definition) is 1. The van der Waals surface area contributed by atoms with E-state index in [2.05, 4.69) is 5.32 Å². The number of carbonyl (C=O) groups is 2. The Kier molecular flexibility index (Phi) is 4.96. The minimum absolute atomic E-state index is 0.0928. The standard InChI is InChI=1S/C18H24N2O3/c1-20(12-16-3-2-10-23-16)17(21)11-13-4-8-15(9-5-13)19-18(22)14-6-7-14/h4-5,8-9,14,16H,2-3,6-7,10-12H2,1H3,(H,19,22). The number of amides is 2. The molecule has 2 fully saturated rings. The van der Waals surface area contributed by atoms with E-state index in [9.17, 15) is 9.59 Å². The van der Waals surface area contributed by atoms with Gasteiger partial charge in [-0.1, -0.05) is 12.1 Å². The highest BCUT2D eigenvalue weighted by molar-refractivity contribution is 5.94. The Balaban J connectivity index is 1.48. The summed E-state index contributed by atoms with van der Waals surface area (Å²) in [6.07, 6.45) is 4.67. The topological polar surface area (TPSA) is 58.6 Å². The van der Waals surface area contributed by atoms with Crippen LogP contribution in [0.5, 0.6) is 0 Å². The fourth-order valence-corrected chi connectivity index (χ4v) is 2.80. The average Bonchev–Trinajstić information content (AvgIpc) is 3.28. The van der Waals surface area contributed by atoms with Crippen molar-refractivity contribution in [3.63, 3.8) is 0 Å². The van der Waals surface area contributed by atoms with Crippen molar-refractivity contribution < 1.29 is 14.3 Å². The Bertz CT molecular complexity index is 560. The molecule has 124 valence electrons. The molecule has 0 aromatic heterocycles. The highest BCUT2D eigenvalue weighted by Gasteiger charge is 2.29. The highest BCUT2D eigenvalue weighted by atomic mass is 16.5. The molecule has 0 radical (unpaired) electrons. The minimum Gasteiger partial charge on any atom is -0.376 e. The highest BCUT2D eigenvalue weighted by Crippen LogP contribution is 2.30. The molecular weight excluding hydrogens is 292 g/mol. The largest absolute Gasteiger partial charge is 0.376 e. The zero-order valence-electron chi connectivity index (χ0n) is 13.6. The Hall–Kier alpha value is -1.88. The van der Waals surface area contributed by atoms with E-state index in [1.807, 2.05) is 31.3 Å². The maximum atomic E-state index is 12.3. The average molecular weight is 316 g/mol. The van der Waals surface area contributed by atoms with Gasteiger partial charge in [-0.2, -0.15) is 0 Å². The first-order valence-electron chi connectivity index (χ1n) is 8.37. The van der Waals surface area contributed by atoms with Crippen molar-refractivity contribution in [2.75, 3.05) is 25.5 Å². The second kappa shape index (κ2) is 7.13. The summed E-state index contributed by atoms with van der Waals surface area (Å²) in [5, 5.41) is 2.90. The van der Waals surface area contributed by atoms with Crippen molar-refractivity contribution in [1.82, 2.24) is 4.90 Å². The van der Waals surface area contributed by atoms with Crippen LogP contribution in [0.25, 0.3) is 0 Å². The van der Waals surface area contributed by atoms with E-state index in [1.165, 1.54) is 0 Å². The summed E-state index contributed by atoms with van der Waals surface area (Å²) in [5.41, 5.74) is 1.75. The number of nitrogens with one attached hydrogen (secondary N) is 1. The fraction of sp³-hybridized carbons (Fsp3) is 0.556.